The minimum Gasteiger partial charge on any atom is -0.385 e. The van der Waals surface area contributed by atoms with Gasteiger partial charge in [0, 0.05) is 25.9 Å². The average Bonchev–Trinajstić information content (AvgIpc) is 2.23. The molecule has 0 aliphatic carbocycles. The molecule has 92 valence electrons. The average molecular weight is 232 g/mol. The van der Waals surface area contributed by atoms with Crippen molar-refractivity contribution in [3.05, 3.63) is 41.2 Å². The van der Waals surface area contributed by atoms with Crippen molar-refractivity contribution in [2.45, 2.75) is 13.8 Å². The molecule has 1 rings (SSSR count). The maximum absolute atomic E-state index is 7.67. The van der Waals surface area contributed by atoms with Gasteiger partial charge in [-0.3, -0.25) is 5.41 Å². The summed E-state index contributed by atoms with van der Waals surface area (Å²) in [6.07, 6.45) is 1.60. The summed E-state index contributed by atoms with van der Waals surface area (Å²) in [5.74, 6) is 0.831. The highest BCUT2D eigenvalue weighted by molar-refractivity contribution is 5.90. The van der Waals surface area contributed by atoms with E-state index in [4.69, 9.17) is 11.1 Å². The topological polar surface area (TPSA) is 65.1 Å². The van der Waals surface area contributed by atoms with Crippen LogP contribution in [-0.4, -0.2) is 24.8 Å². The van der Waals surface area contributed by atoms with Gasteiger partial charge in [0.2, 0.25) is 0 Å². The van der Waals surface area contributed by atoms with E-state index in [2.05, 4.69) is 11.4 Å². The van der Waals surface area contributed by atoms with Gasteiger partial charge < -0.3 is 16.0 Å². The monoisotopic (exact) mass is 232 g/mol. The highest BCUT2D eigenvalue weighted by Crippen LogP contribution is 2.17. The standard InChI is InChI=1S/C13H20N4/c1-9-5-6-10(2)11(7-9)16-12(14)8-13(15)17(3)4/h5-8,15-16H,14H2,1-4H3/b12-8+,15-13?. The lowest BCUT2D eigenvalue weighted by Gasteiger charge is -2.13. The molecule has 4 heteroatoms. The first-order valence-corrected chi connectivity index (χ1v) is 5.47. The second-order valence-corrected chi connectivity index (χ2v) is 4.32. The molecule has 0 atom stereocenters. The third-order valence-corrected chi connectivity index (χ3v) is 2.45. The first-order valence-electron chi connectivity index (χ1n) is 5.47. The fourth-order valence-corrected chi connectivity index (χ4v) is 1.34. The normalized spacial score (nSPS) is 11.2. The molecule has 0 heterocycles. The number of nitrogens with one attached hydrogen (secondary N) is 2. The maximum Gasteiger partial charge on any atom is 0.123 e. The van der Waals surface area contributed by atoms with Gasteiger partial charge in [-0.15, -0.1) is 0 Å². The molecule has 17 heavy (non-hydrogen) atoms. The quantitative estimate of drug-likeness (QED) is 0.552. The molecule has 0 bridgehead atoms. The van der Waals surface area contributed by atoms with Crippen molar-refractivity contribution in [3.63, 3.8) is 0 Å². The number of nitrogens with zero attached hydrogens (tertiary/aromatic N) is 1. The highest BCUT2D eigenvalue weighted by Gasteiger charge is 2.01. The number of hydrogen-bond donors (Lipinski definition) is 3. The van der Waals surface area contributed by atoms with Crippen LogP contribution in [0.4, 0.5) is 5.69 Å². The van der Waals surface area contributed by atoms with Crippen molar-refractivity contribution in [3.8, 4) is 0 Å². The van der Waals surface area contributed by atoms with Crippen molar-refractivity contribution in [1.82, 2.24) is 4.90 Å². The zero-order valence-electron chi connectivity index (χ0n) is 10.8. The lowest BCUT2D eigenvalue weighted by Crippen LogP contribution is -2.21. The molecule has 1 aromatic carbocycles. The Kier molecular flexibility index (Phi) is 4.15. The van der Waals surface area contributed by atoms with E-state index in [1.54, 1.807) is 11.0 Å². The molecule has 0 aliphatic heterocycles. The molecule has 0 aromatic heterocycles. The van der Waals surface area contributed by atoms with E-state index in [0.717, 1.165) is 11.3 Å². The Morgan fingerprint density at radius 3 is 2.59 bits per heavy atom. The van der Waals surface area contributed by atoms with E-state index >= 15 is 0 Å². The van der Waals surface area contributed by atoms with Crippen LogP contribution in [-0.2, 0) is 0 Å². The minimum absolute atomic E-state index is 0.361. The van der Waals surface area contributed by atoms with Gasteiger partial charge in [0.15, 0.2) is 0 Å². The molecule has 4 nitrogen and oxygen atoms in total. The maximum atomic E-state index is 7.67. The summed E-state index contributed by atoms with van der Waals surface area (Å²) in [7, 11) is 3.62. The van der Waals surface area contributed by atoms with Gasteiger partial charge in [-0.2, -0.15) is 0 Å². The van der Waals surface area contributed by atoms with Gasteiger partial charge in [0.05, 0.1) is 0 Å². The van der Waals surface area contributed by atoms with E-state index < -0.39 is 0 Å². The number of aryl methyl sites for hydroxylation is 2. The van der Waals surface area contributed by atoms with Crippen LogP contribution in [0.3, 0.4) is 0 Å². The van der Waals surface area contributed by atoms with Crippen molar-refractivity contribution in [1.29, 1.82) is 5.41 Å². The predicted octanol–water partition coefficient (Wildman–Crippen LogP) is 2.05. The number of hydrogen-bond acceptors (Lipinski definition) is 3. The highest BCUT2D eigenvalue weighted by atomic mass is 15.1. The van der Waals surface area contributed by atoms with Crippen LogP contribution in [0.5, 0.6) is 0 Å². The zero-order valence-corrected chi connectivity index (χ0v) is 10.8. The molecule has 0 amide bonds. The molecule has 0 saturated heterocycles. The van der Waals surface area contributed by atoms with Crippen LogP contribution >= 0.6 is 0 Å². The SMILES string of the molecule is Cc1ccc(C)c(N/C(N)=C/C(=N)N(C)C)c1. The number of likely N-dealkylation sites (N-methyl/N-ethyl adjacent to an activating group) is 1. The number of amidine groups is 1. The molecule has 4 N–H and O–H groups in total. The van der Waals surface area contributed by atoms with E-state index in [0.29, 0.717) is 11.7 Å². The fourth-order valence-electron chi connectivity index (χ4n) is 1.34. The molecular weight excluding hydrogens is 212 g/mol. The smallest absolute Gasteiger partial charge is 0.123 e. The summed E-state index contributed by atoms with van der Waals surface area (Å²) >= 11 is 0. The Morgan fingerprint density at radius 1 is 1.35 bits per heavy atom. The molecule has 0 fully saturated rings. The van der Waals surface area contributed by atoms with Crippen molar-refractivity contribution in [2.75, 3.05) is 19.4 Å². The van der Waals surface area contributed by atoms with Gasteiger partial charge >= 0.3 is 0 Å². The number of rotatable bonds is 3. The first-order chi connectivity index (χ1) is 7.90. The lowest BCUT2D eigenvalue weighted by atomic mass is 10.1. The van der Waals surface area contributed by atoms with Crippen molar-refractivity contribution in [2.24, 2.45) is 5.73 Å². The van der Waals surface area contributed by atoms with Gasteiger partial charge in [-0.1, -0.05) is 12.1 Å². The lowest BCUT2D eigenvalue weighted by molar-refractivity contribution is 0.621. The Morgan fingerprint density at radius 2 is 2.00 bits per heavy atom. The predicted molar refractivity (Wildman–Crippen MR) is 73.2 cm³/mol. The molecule has 1 aromatic rings. The number of benzene rings is 1. The summed E-state index contributed by atoms with van der Waals surface area (Å²) in [4.78, 5) is 1.69. The Hall–Kier alpha value is -1.97. The zero-order chi connectivity index (χ0) is 13.0. The summed E-state index contributed by atoms with van der Waals surface area (Å²) in [5, 5.41) is 10.8. The minimum atomic E-state index is 0.361. The first kappa shape index (κ1) is 13.1. The van der Waals surface area contributed by atoms with Crippen LogP contribution in [0.1, 0.15) is 11.1 Å². The second kappa shape index (κ2) is 5.39. The van der Waals surface area contributed by atoms with E-state index in [9.17, 15) is 0 Å². The van der Waals surface area contributed by atoms with Gasteiger partial charge in [0.1, 0.15) is 11.7 Å². The van der Waals surface area contributed by atoms with Gasteiger partial charge in [0.25, 0.3) is 0 Å². The molecule has 0 unspecified atom stereocenters. The molecule has 0 saturated carbocycles. The summed E-state index contributed by atoms with van der Waals surface area (Å²) in [6, 6.07) is 6.14. The van der Waals surface area contributed by atoms with E-state index in [1.165, 1.54) is 5.56 Å². The number of nitrogens with two attached hydrogens (primary N) is 1. The van der Waals surface area contributed by atoms with Gasteiger partial charge in [-0.25, -0.2) is 0 Å². The second-order valence-electron chi connectivity index (χ2n) is 4.32. The molecule has 0 radical (unpaired) electrons. The Bertz CT molecular complexity index is 447. The van der Waals surface area contributed by atoms with Crippen LogP contribution in [0.15, 0.2) is 30.1 Å². The van der Waals surface area contributed by atoms with Crippen molar-refractivity contribution < 1.29 is 0 Å². The molecule has 0 aliphatic rings. The Balaban J connectivity index is 2.84. The van der Waals surface area contributed by atoms with Crippen LogP contribution in [0.25, 0.3) is 0 Å². The summed E-state index contributed by atoms with van der Waals surface area (Å²) in [5.41, 5.74) is 9.13. The van der Waals surface area contributed by atoms with Gasteiger partial charge in [-0.05, 0) is 31.0 Å². The fraction of sp³-hybridized carbons (Fsp3) is 0.308. The largest absolute Gasteiger partial charge is 0.385 e. The van der Waals surface area contributed by atoms with Crippen molar-refractivity contribution >= 4 is 11.5 Å². The molecule has 0 spiro atoms. The summed E-state index contributed by atoms with van der Waals surface area (Å²) < 4.78 is 0. The van der Waals surface area contributed by atoms with E-state index in [1.807, 2.05) is 40.1 Å². The van der Waals surface area contributed by atoms with Crippen LogP contribution < -0.4 is 11.1 Å². The Labute approximate surface area is 103 Å². The number of anilines is 1. The van der Waals surface area contributed by atoms with Crippen LogP contribution in [0, 0.1) is 19.3 Å². The third-order valence-electron chi connectivity index (χ3n) is 2.45. The third kappa shape index (κ3) is 3.83. The van der Waals surface area contributed by atoms with Crippen LogP contribution in [0.2, 0.25) is 0 Å². The molecular formula is C13H20N4. The van der Waals surface area contributed by atoms with E-state index in [-0.39, 0.29) is 0 Å². The summed E-state index contributed by atoms with van der Waals surface area (Å²) in [6.45, 7) is 4.05.